The third-order valence-electron chi connectivity index (χ3n) is 5.78. The summed E-state index contributed by atoms with van der Waals surface area (Å²) in [4.78, 5) is 3.78. The van der Waals surface area contributed by atoms with E-state index in [1.807, 2.05) is 6.08 Å². The molecule has 0 amide bonds. The van der Waals surface area contributed by atoms with Gasteiger partial charge in [0, 0.05) is 0 Å². The SMILES string of the molecule is CC(C)(C)S(=O)(=O)CC1CCC(C2=Cc3nc(C(F)(F)F)ccc3C2)CC1. The van der Waals surface area contributed by atoms with Crippen molar-refractivity contribution in [2.45, 2.75) is 63.8 Å². The van der Waals surface area contributed by atoms with Crippen LogP contribution in [-0.2, 0) is 22.4 Å². The second kappa shape index (κ2) is 6.90. The number of fused-ring (bicyclic) bond motifs is 1. The Morgan fingerprint density at radius 3 is 2.26 bits per heavy atom. The minimum atomic E-state index is -4.43. The number of allylic oxidation sites excluding steroid dienone is 1. The van der Waals surface area contributed by atoms with E-state index in [-0.39, 0.29) is 11.7 Å². The van der Waals surface area contributed by atoms with Gasteiger partial charge in [-0.25, -0.2) is 13.4 Å². The van der Waals surface area contributed by atoms with Crippen molar-refractivity contribution in [3.63, 3.8) is 0 Å². The quantitative estimate of drug-likeness (QED) is 0.711. The lowest BCUT2D eigenvalue weighted by Crippen LogP contribution is -2.34. The van der Waals surface area contributed by atoms with Crippen molar-refractivity contribution in [2.75, 3.05) is 5.75 Å². The highest BCUT2D eigenvalue weighted by molar-refractivity contribution is 7.92. The Bertz CT molecular complexity index is 843. The van der Waals surface area contributed by atoms with E-state index in [1.54, 1.807) is 20.8 Å². The molecule has 2 aliphatic carbocycles. The maximum absolute atomic E-state index is 12.8. The molecule has 1 aromatic heterocycles. The van der Waals surface area contributed by atoms with Gasteiger partial charge in [0.15, 0.2) is 9.84 Å². The summed E-state index contributed by atoms with van der Waals surface area (Å²) in [7, 11) is -3.13. The summed E-state index contributed by atoms with van der Waals surface area (Å²) in [5.74, 6) is 0.700. The summed E-state index contributed by atoms with van der Waals surface area (Å²) in [5, 5.41) is 0. The number of halogens is 3. The zero-order valence-electron chi connectivity index (χ0n) is 15.9. The molecule has 150 valence electrons. The van der Waals surface area contributed by atoms with Gasteiger partial charge in [-0.3, -0.25) is 0 Å². The Hall–Kier alpha value is -1.37. The van der Waals surface area contributed by atoms with Gasteiger partial charge < -0.3 is 0 Å². The molecule has 0 N–H and O–H groups in total. The minimum absolute atomic E-state index is 0.171. The van der Waals surface area contributed by atoms with E-state index in [2.05, 4.69) is 4.98 Å². The second-order valence-electron chi connectivity index (χ2n) is 8.75. The average molecular weight is 401 g/mol. The van der Waals surface area contributed by atoms with Gasteiger partial charge in [0.05, 0.1) is 16.2 Å². The van der Waals surface area contributed by atoms with E-state index < -0.39 is 26.5 Å². The summed E-state index contributed by atoms with van der Waals surface area (Å²) in [6.45, 7) is 5.20. The Morgan fingerprint density at radius 2 is 1.70 bits per heavy atom. The fourth-order valence-electron chi connectivity index (χ4n) is 3.91. The molecule has 0 aliphatic heterocycles. The minimum Gasteiger partial charge on any atom is -0.244 e. The van der Waals surface area contributed by atoms with Crippen molar-refractivity contribution < 1.29 is 21.6 Å². The average Bonchev–Trinajstić information content (AvgIpc) is 2.96. The summed E-state index contributed by atoms with van der Waals surface area (Å²) < 4.78 is 62.6. The first-order valence-electron chi connectivity index (χ1n) is 9.37. The fourth-order valence-corrected chi connectivity index (χ4v) is 5.36. The number of alkyl halides is 3. The molecule has 0 unspecified atom stereocenters. The van der Waals surface area contributed by atoms with Crippen molar-refractivity contribution in [3.05, 3.63) is 34.7 Å². The van der Waals surface area contributed by atoms with Crippen LogP contribution in [0.15, 0.2) is 17.7 Å². The zero-order chi connectivity index (χ0) is 20.0. The van der Waals surface area contributed by atoms with Crippen LogP contribution in [0.5, 0.6) is 0 Å². The largest absolute Gasteiger partial charge is 0.433 e. The standard InChI is InChI=1S/C20H26F3NO2S/c1-19(2,3)27(25,26)12-13-4-6-14(7-5-13)16-10-15-8-9-18(20(21,22)23)24-17(15)11-16/h8-9,11,13-14H,4-7,10,12H2,1-3H3. The second-order valence-corrected chi connectivity index (χ2v) is 11.5. The summed E-state index contributed by atoms with van der Waals surface area (Å²) in [5.41, 5.74) is 1.55. The van der Waals surface area contributed by atoms with Gasteiger partial charge >= 0.3 is 6.18 Å². The van der Waals surface area contributed by atoms with Crippen molar-refractivity contribution >= 4 is 15.9 Å². The number of hydrogen-bond donors (Lipinski definition) is 0. The highest BCUT2D eigenvalue weighted by atomic mass is 32.2. The van der Waals surface area contributed by atoms with Crippen LogP contribution in [0.2, 0.25) is 0 Å². The highest BCUT2D eigenvalue weighted by Crippen LogP contribution is 2.40. The normalized spacial score (nSPS) is 23.9. The Kier molecular flexibility index (Phi) is 5.21. The van der Waals surface area contributed by atoms with Crippen LogP contribution in [0.4, 0.5) is 13.2 Å². The van der Waals surface area contributed by atoms with Crippen molar-refractivity contribution in [1.29, 1.82) is 0 Å². The molecule has 1 heterocycles. The molecule has 1 aromatic rings. The highest BCUT2D eigenvalue weighted by Gasteiger charge is 2.36. The molecule has 1 saturated carbocycles. The molecule has 0 radical (unpaired) electrons. The molecular weight excluding hydrogens is 375 g/mol. The van der Waals surface area contributed by atoms with Crippen LogP contribution in [0.1, 0.15) is 63.4 Å². The van der Waals surface area contributed by atoms with Crippen molar-refractivity contribution in [3.8, 4) is 0 Å². The molecule has 7 heteroatoms. The summed E-state index contributed by atoms with van der Waals surface area (Å²) in [6.07, 6.45) is 1.48. The van der Waals surface area contributed by atoms with E-state index in [0.29, 0.717) is 18.0 Å². The van der Waals surface area contributed by atoms with E-state index in [0.717, 1.165) is 42.9 Å². The van der Waals surface area contributed by atoms with Crippen LogP contribution in [0.25, 0.3) is 6.08 Å². The molecule has 3 rings (SSSR count). The molecule has 1 fully saturated rings. The lowest BCUT2D eigenvalue weighted by molar-refractivity contribution is -0.141. The Morgan fingerprint density at radius 1 is 1.07 bits per heavy atom. The van der Waals surface area contributed by atoms with Crippen LogP contribution < -0.4 is 0 Å². The van der Waals surface area contributed by atoms with Gasteiger partial charge in [-0.1, -0.05) is 11.6 Å². The molecule has 27 heavy (non-hydrogen) atoms. The van der Waals surface area contributed by atoms with Gasteiger partial charge in [0.2, 0.25) is 0 Å². The predicted molar refractivity (Wildman–Crippen MR) is 99.9 cm³/mol. The lowest BCUT2D eigenvalue weighted by Gasteiger charge is -2.31. The van der Waals surface area contributed by atoms with E-state index in [1.165, 1.54) is 6.07 Å². The molecule has 0 aromatic carbocycles. The molecule has 0 atom stereocenters. The monoisotopic (exact) mass is 401 g/mol. The molecule has 0 bridgehead atoms. The van der Waals surface area contributed by atoms with Crippen molar-refractivity contribution in [1.82, 2.24) is 4.98 Å². The maximum Gasteiger partial charge on any atom is 0.433 e. The van der Waals surface area contributed by atoms with Crippen LogP contribution in [0.3, 0.4) is 0 Å². The molecule has 0 saturated heterocycles. The van der Waals surface area contributed by atoms with Gasteiger partial charge in [-0.05, 0) is 82.4 Å². The van der Waals surface area contributed by atoms with Gasteiger partial charge in [0.1, 0.15) is 5.69 Å². The number of nitrogens with zero attached hydrogens (tertiary/aromatic N) is 1. The number of aromatic nitrogens is 1. The maximum atomic E-state index is 12.8. The molecule has 2 aliphatic rings. The van der Waals surface area contributed by atoms with Gasteiger partial charge in [-0.2, -0.15) is 13.2 Å². The van der Waals surface area contributed by atoms with E-state index in [4.69, 9.17) is 0 Å². The van der Waals surface area contributed by atoms with Crippen molar-refractivity contribution in [2.24, 2.45) is 11.8 Å². The van der Waals surface area contributed by atoms with Gasteiger partial charge in [-0.15, -0.1) is 0 Å². The van der Waals surface area contributed by atoms with E-state index >= 15 is 0 Å². The topological polar surface area (TPSA) is 47.0 Å². The zero-order valence-corrected chi connectivity index (χ0v) is 16.8. The first-order chi connectivity index (χ1) is 12.4. The van der Waals surface area contributed by atoms with Crippen LogP contribution >= 0.6 is 0 Å². The predicted octanol–water partition coefficient (Wildman–Crippen LogP) is 5.06. The Labute approximate surface area is 159 Å². The Balaban J connectivity index is 1.64. The van der Waals surface area contributed by atoms with E-state index in [9.17, 15) is 21.6 Å². The fraction of sp³-hybridized carbons (Fsp3) is 0.650. The van der Waals surface area contributed by atoms with Crippen LogP contribution in [0, 0.1) is 11.8 Å². The summed E-state index contributed by atoms with van der Waals surface area (Å²) in [6, 6.07) is 2.57. The lowest BCUT2D eigenvalue weighted by atomic mass is 9.78. The smallest absolute Gasteiger partial charge is 0.244 e. The third kappa shape index (κ3) is 4.39. The third-order valence-corrected chi connectivity index (χ3v) is 8.55. The van der Waals surface area contributed by atoms with Gasteiger partial charge in [0.25, 0.3) is 0 Å². The first kappa shape index (κ1) is 20.4. The van der Waals surface area contributed by atoms with Crippen LogP contribution in [-0.4, -0.2) is 23.9 Å². The number of hydrogen-bond acceptors (Lipinski definition) is 3. The first-order valence-corrected chi connectivity index (χ1v) is 11.0. The molecule has 3 nitrogen and oxygen atoms in total. The molecular formula is C20H26F3NO2S. The molecule has 0 spiro atoms. The summed E-state index contributed by atoms with van der Waals surface area (Å²) >= 11 is 0. The number of sulfone groups is 1. The number of rotatable bonds is 3. The number of pyridine rings is 1.